The van der Waals surface area contributed by atoms with Crippen molar-refractivity contribution in [3.63, 3.8) is 0 Å². The number of hydrogen-bond donors (Lipinski definition) is 0. The Morgan fingerprint density at radius 1 is 0.488 bits per heavy atom. The minimum Gasteiger partial charge on any atom is -0.456 e. The minimum absolute atomic E-state index is 0.774. The van der Waals surface area contributed by atoms with Gasteiger partial charge in [0.25, 0.3) is 0 Å². The Morgan fingerprint density at radius 3 is 2.09 bits per heavy atom. The van der Waals surface area contributed by atoms with Crippen LogP contribution in [0.2, 0.25) is 0 Å². The monoisotopic (exact) mass is 553 g/mol. The van der Waals surface area contributed by atoms with Crippen LogP contribution in [0, 0.1) is 0 Å². The average Bonchev–Trinajstić information content (AvgIpc) is 3.63. The first kappa shape index (κ1) is 23.7. The predicted octanol–water partition coefficient (Wildman–Crippen LogP) is 10.6. The molecule has 0 aliphatic heterocycles. The van der Waals surface area contributed by atoms with E-state index in [0.717, 1.165) is 66.5 Å². The van der Waals surface area contributed by atoms with Gasteiger partial charge >= 0.3 is 0 Å². The molecule has 202 valence electrons. The molecule has 0 aliphatic rings. The number of furan rings is 2. The Hall–Kier alpha value is -5.94. The molecule has 0 bridgehead atoms. The SMILES string of the molecule is c1ccc(-c2ccc(N(c3ccc4c(c3)oc3ccncc34)c3ccc4c(c3)oc3cccnc34)c3ccccc23)cc1. The number of aromatic nitrogens is 2. The lowest BCUT2D eigenvalue weighted by atomic mass is 9.96. The van der Waals surface area contributed by atoms with Crippen LogP contribution in [0.1, 0.15) is 0 Å². The highest BCUT2D eigenvalue weighted by Crippen LogP contribution is 2.44. The maximum Gasteiger partial charge on any atom is 0.153 e. The molecule has 4 heterocycles. The molecule has 0 radical (unpaired) electrons. The number of fused-ring (bicyclic) bond motifs is 7. The topological polar surface area (TPSA) is 55.3 Å². The van der Waals surface area contributed by atoms with E-state index in [4.69, 9.17) is 8.83 Å². The Bertz CT molecular complexity index is 2360. The number of pyridine rings is 2. The molecule has 0 atom stereocenters. The van der Waals surface area contributed by atoms with Gasteiger partial charge in [0.2, 0.25) is 0 Å². The minimum atomic E-state index is 0.774. The normalized spacial score (nSPS) is 11.7. The van der Waals surface area contributed by atoms with E-state index in [1.807, 2.05) is 24.4 Å². The third-order valence-corrected chi connectivity index (χ3v) is 8.21. The lowest BCUT2D eigenvalue weighted by Gasteiger charge is -2.27. The second-order valence-corrected chi connectivity index (χ2v) is 10.7. The molecule has 0 fully saturated rings. The van der Waals surface area contributed by atoms with Crippen molar-refractivity contribution in [2.24, 2.45) is 0 Å². The first-order chi connectivity index (χ1) is 21.3. The van der Waals surface area contributed by atoms with Crippen molar-refractivity contribution in [1.29, 1.82) is 0 Å². The van der Waals surface area contributed by atoms with E-state index in [1.165, 1.54) is 16.5 Å². The molecule has 9 rings (SSSR count). The molecule has 0 spiro atoms. The maximum atomic E-state index is 6.30. The molecule has 0 amide bonds. The number of anilines is 3. The van der Waals surface area contributed by atoms with Gasteiger partial charge in [0, 0.05) is 63.6 Å². The molecule has 0 aliphatic carbocycles. The van der Waals surface area contributed by atoms with Crippen LogP contribution >= 0.6 is 0 Å². The summed E-state index contributed by atoms with van der Waals surface area (Å²) in [5.74, 6) is 0. The highest BCUT2D eigenvalue weighted by molar-refractivity contribution is 6.09. The van der Waals surface area contributed by atoms with Gasteiger partial charge in [-0.2, -0.15) is 0 Å². The molecule has 9 aromatic rings. The quantitative estimate of drug-likeness (QED) is 0.217. The lowest BCUT2D eigenvalue weighted by Crippen LogP contribution is -2.10. The van der Waals surface area contributed by atoms with Crippen LogP contribution in [0.3, 0.4) is 0 Å². The first-order valence-electron chi connectivity index (χ1n) is 14.2. The smallest absolute Gasteiger partial charge is 0.153 e. The van der Waals surface area contributed by atoms with E-state index in [9.17, 15) is 0 Å². The van der Waals surface area contributed by atoms with Crippen molar-refractivity contribution in [2.45, 2.75) is 0 Å². The molecular formula is C38H23N3O2. The fraction of sp³-hybridized carbons (Fsp3) is 0. The molecule has 4 aromatic heterocycles. The molecule has 43 heavy (non-hydrogen) atoms. The summed E-state index contributed by atoms with van der Waals surface area (Å²) in [6, 6.07) is 42.0. The van der Waals surface area contributed by atoms with Crippen molar-refractivity contribution in [3.8, 4) is 11.1 Å². The molecule has 5 aromatic carbocycles. The maximum absolute atomic E-state index is 6.30. The summed E-state index contributed by atoms with van der Waals surface area (Å²) in [6.07, 6.45) is 5.42. The van der Waals surface area contributed by atoms with E-state index in [0.29, 0.717) is 0 Å². The average molecular weight is 554 g/mol. The zero-order valence-electron chi connectivity index (χ0n) is 22.9. The van der Waals surface area contributed by atoms with Gasteiger partial charge in [-0.3, -0.25) is 9.97 Å². The Kier molecular flexibility index (Phi) is 5.13. The van der Waals surface area contributed by atoms with E-state index in [2.05, 4.69) is 118 Å². The molecular weight excluding hydrogens is 530 g/mol. The predicted molar refractivity (Wildman–Crippen MR) is 174 cm³/mol. The fourth-order valence-electron chi connectivity index (χ4n) is 6.25. The lowest BCUT2D eigenvalue weighted by molar-refractivity contribution is 0.668. The van der Waals surface area contributed by atoms with Gasteiger partial charge in [-0.05, 0) is 65.0 Å². The number of rotatable bonds is 4. The molecule has 0 saturated carbocycles. The van der Waals surface area contributed by atoms with Gasteiger partial charge in [0.1, 0.15) is 22.3 Å². The fourth-order valence-corrected chi connectivity index (χ4v) is 6.25. The number of benzene rings is 5. The van der Waals surface area contributed by atoms with Gasteiger partial charge < -0.3 is 13.7 Å². The largest absolute Gasteiger partial charge is 0.456 e. The number of hydrogen-bond acceptors (Lipinski definition) is 5. The van der Waals surface area contributed by atoms with Crippen molar-refractivity contribution in [2.75, 3.05) is 4.90 Å². The summed E-state index contributed by atoms with van der Waals surface area (Å²) >= 11 is 0. The van der Waals surface area contributed by atoms with Crippen molar-refractivity contribution in [1.82, 2.24) is 9.97 Å². The Balaban J connectivity index is 1.31. The van der Waals surface area contributed by atoms with Crippen LogP contribution < -0.4 is 4.90 Å². The zero-order chi connectivity index (χ0) is 28.3. The van der Waals surface area contributed by atoms with Crippen LogP contribution in [0.5, 0.6) is 0 Å². The summed E-state index contributed by atoms with van der Waals surface area (Å²) in [5.41, 5.74) is 9.45. The van der Waals surface area contributed by atoms with Gasteiger partial charge in [-0.15, -0.1) is 0 Å². The van der Waals surface area contributed by atoms with Gasteiger partial charge in [-0.1, -0.05) is 60.7 Å². The summed E-state index contributed by atoms with van der Waals surface area (Å²) in [7, 11) is 0. The van der Waals surface area contributed by atoms with Crippen LogP contribution in [0.15, 0.2) is 149 Å². The van der Waals surface area contributed by atoms with Crippen LogP contribution in [0.25, 0.3) is 65.9 Å². The van der Waals surface area contributed by atoms with E-state index >= 15 is 0 Å². The van der Waals surface area contributed by atoms with Gasteiger partial charge in [-0.25, -0.2) is 0 Å². The first-order valence-corrected chi connectivity index (χ1v) is 14.2. The Morgan fingerprint density at radius 2 is 1.23 bits per heavy atom. The zero-order valence-corrected chi connectivity index (χ0v) is 22.9. The van der Waals surface area contributed by atoms with Crippen molar-refractivity contribution in [3.05, 3.63) is 140 Å². The van der Waals surface area contributed by atoms with Crippen molar-refractivity contribution >= 4 is 71.8 Å². The second-order valence-electron chi connectivity index (χ2n) is 10.7. The second kappa shape index (κ2) is 9.29. The van der Waals surface area contributed by atoms with Crippen molar-refractivity contribution < 1.29 is 8.83 Å². The van der Waals surface area contributed by atoms with E-state index in [1.54, 1.807) is 12.4 Å². The molecule has 0 saturated heterocycles. The van der Waals surface area contributed by atoms with Crippen LogP contribution in [-0.4, -0.2) is 9.97 Å². The highest BCUT2D eigenvalue weighted by Gasteiger charge is 2.20. The van der Waals surface area contributed by atoms with Crippen LogP contribution in [-0.2, 0) is 0 Å². The molecule has 0 N–H and O–H groups in total. The molecule has 5 heteroatoms. The number of nitrogens with zero attached hydrogens (tertiary/aromatic N) is 3. The van der Waals surface area contributed by atoms with Gasteiger partial charge in [0.05, 0.1) is 5.69 Å². The summed E-state index contributed by atoms with van der Waals surface area (Å²) in [4.78, 5) is 11.2. The highest BCUT2D eigenvalue weighted by atomic mass is 16.3. The van der Waals surface area contributed by atoms with Crippen LogP contribution in [0.4, 0.5) is 17.1 Å². The summed E-state index contributed by atoms with van der Waals surface area (Å²) < 4.78 is 12.6. The Labute approximate surface area is 246 Å². The van der Waals surface area contributed by atoms with E-state index in [-0.39, 0.29) is 0 Å². The molecule has 5 nitrogen and oxygen atoms in total. The standard InChI is InChI=1S/C38H23N3O2/c1-2-7-24(8-3-1)27-16-17-33(29-10-5-4-9-28(27)29)41(25-12-14-30-32-23-39-20-18-34(32)42-36(30)21-25)26-13-15-31-37(22-26)43-35-11-6-19-40-38(31)35/h1-23H. The molecule has 0 unspecified atom stereocenters. The third kappa shape index (κ3) is 3.72. The third-order valence-electron chi connectivity index (χ3n) is 8.21. The summed E-state index contributed by atoms with van der Waals surface area (Å²) in [6.45, 7) is 0. The summed E-state index contributed by atoms with van der Waals surface area (Å²) in [5, 5.41) is 5.36. The van der Waals surface area contributed by atoms with Gasteiger partial charge in [0.15, 0.2) is 5.58 Å². The van der Waals surface area contributed by atoms with E-state index < -0.39 is 0 Å².